The molecule has 11 heteroatoms. The largest absolute Gasteiger partial charge is 0.743 e. The van der Waals surface area contributed by atoms with E-state index in [0.717, 1.165) is 6.92 Å². The van der Waals surface area contributed by atoms with E-state index in [1.54, 1.807) is 0 Å². The summed E-state index contributed by atoms with van der Waals surface area (Å²) in [5, 5.41) is -4.78. The Morgan fingerprint density at radius 1 is 1.22 bits per heavy atom. The Labute approximate surface area is 99.6 Å². The number of alkyl halides is 2. The minimum absolute atomic E-state index is 0.839. The maximum absolute atomic E-state index is 12.5. The minimum Gasteiger partial charge on any atom is -0.743 e. The molecule has 0 unspecified atom stereocenters. The molecule has 0 saturated carbocycles. The third kappa shape index (κ3) is 5.14. The Morgan fingerprint density at radius 2 is 1.72 bits per heavy atom. The quantitative estimate of drug-likeness (QED) is 0.339. The van der Waals surface area contributed by atoms with Crippen molar-refractivity contribution in [2.75, 3.05) is 13.2 Å². The van der Waals surface area contributed by atoms with Crippen molar-refractivity contribution in [3.05, 3.63) is 0 Å². The first-order chi connectivity index (χ1) is 7.97. The van der Waals surface area contributed by atoms with Gasteiger partial charge in [-0.1, -0.05) is 0 Å². The summed E-state index contributed by atoms with van der Waals surface area (Å²) in [6.07, 6.45) is 0. The molecule has 0 atom stereocenters. The number of hydrogen-bond acceptors (Lipinski definition) is 8. The third-order valence-corrected chi connectivity index (χ3v) is 2.22. The van der Waals surface area contributed by atoms with E-state index in [1.807, 2.05) is 0 Å². The predicted molar refractivity (Wildman–Crippen MR) is 47.2 cm³/mol. The zero-order valence-electron chi connectivity index (χ0n) is 8.84. The van der Waals surface area contributed by atoms with Gasteiger partial charge in [0.25, 0.3) is 0 Å². The highest BCUT2D eigenvalue weighted by molar-refractivity contribution is 7.86. The molecule has 18 heavy (non-hydrogen) atoms. The first-order valence-electron chi connectivity index (χ1n) is 4.14. The van der Waals surface area contributed by atoms with Crippen molar-refractivity contribution in [1.29, 1.82) is 0 Å². The Hall–Kier alpha value is -1.62. The van der Waals surface area contributed by atoms with Gasteiger partial charge in [-0.25, -0.2) is 18.0 Å². The van der Waals surface area contributed by atoms with E-state index < -0.39 is 46.3 Å². The van der Waals surface area contributed by atoms with Crippen molar-refractivity contribution in [2.45, 2.75) is 12.2 Å². The molecule has 0 saturated heterocycles. The number of ether oxygens (including phenoxy) is 2. The molecule has 0 aromatic carbocycles. The fraction of sp³-hybridized carbons (Fsp3) is 0.571. The van der Waals surface area contributed by atoms with Crippen molar-refractivity contribution >= 4 is 27.8 Å². The van der Waals surface area contributed by atoms with Crippen LogP contribution in [0.25, 0.3) is 0 Å². The van der Waals surface area contributed by atoms with Gasteiger partial charge in [-0.05, 0) is 0 Å². The number of halogens is 2. The predicted octanol–water partition coefficient (Wildman–Crippen LogP) is -1.20. The SMILES string of the molecule is CC(=O)C(=O)OCC(=O)OCC(F)(F)S(=O)(=O)[O-]. The number of carbonyl (C=O) groups excluding carboxylic acids is 3. The van der Waals surface area contributed by atoms with Crippen LogP contribution >= 0.6 is 0 Å². The van der Waals surface area contributed by atoms with Crippen LogP contribution in [0, 0.1) is 0 Å². The molecule has 104 valence electrons. The molecular formula is C7H7F2O8S-. The molecule has 0 amide bonds. The monoisotopic (exact) mass is 289 g/mol. The van der Waals surface area contributed by atoms with E-state index in [1.165, 1.54) is 0 Å². The van der Waals surface area contributed by atoms with Gasteiger partial charge in [0.2, 0.25) is 5.78 Å². The Bertz CT molecular complexity index is 454. The van der Waals surface area contributed by atoms with Crippen LogP contribution in [0.2, 0.25) is 0 Å². The van der Waals surface area contributed by atoms with Crippen molar-refractivity contribution in [3.8, 4) is 0 Å². The second-order valence-electron chi connectivity index (χ2n) is 2.88. The minimum atomic E-state index is -5.97. The van der Waals surface area contributed by atoms with E-state index in [0.29, 0.717) is 0 Å². The van der Waals surface area contributed by atoms with Crippen molar-refractivity contribution in [1.82, 2.24) is 0 Å². The lowest BCUT2D eigenvalue weighted by Gasteiger charge is -2.19. The summed E-state index contributed by atoms with van der Waals surface area (Å²) in [5.41, 5.74) is 0. The summed E-state index contributed by atoms with van der Waals surface area (Å²) in [6, 6.07) is 0. The first-order valence-corrected chi connectivity index (χ1v) is 5.55. The van der Waals surface area contributed by atoms with Gasteiger partial charge < -0.3 is 14.0 Å². The Balaban J connectivity index is 4.21. The average molecular weight is 289 g/mol. The maximum Gasteiger partial charge on any atom is 0.374 e. The zero-order chi connectivity index (χ0) is 14.6. The molecule has 0 bridgehead atoms. The number of esters is 2. The molecule has 0 aliphatic rings. The lowest BCUT2D eigenvalue weighted by atomic mass is 10.5. The van der Waals surface area contributed by atoms with Crippen LogP contribution in [-0.2, 0) is 34.0 Å². The molecule has 0 fully saturated rings. The van der Waals surface area contributed by atoms with Gasteiger partial charge in [0.1, 0.15) is 0 Å². The lowest BCUT2D eigenvalue weighted by molar-refractivity contribution is -0.164. The lowest BCUT2D eigenvalue weighted by Crippen LogP contribution is -2.35. The number of hydrogen-bond donors (Lipinski definition) is 0. The molecule has 0 radical (unpaired) electrons. The fourth-order valence-electron chi connectivity index (χ4n) is 0.504. The third-order valence-electron chi connectivity index (χ3n) is 1.38. The molecular weight excluding hydrogens is 282 g/mol. The number of Topliss-reactive ketones (excluding diaryl/α,β-unsaturated/α-hetero) is 1. The Morgan fingerprint density at radius 3 is 2.11 bits per heavy atom. The van der Waals surface area contributed by atoms with Gasteiger partial charge >= 0.3 is 17.2 Å². The molecule has 0 aromatic heterocycles. The van der Waals surface area contributed by atoms with Gasteiger partial charge in [-0.2, -0.15) is 8.78 Å². The van der Waals surface area contributed by atoms with Crippen LogP contribution in [0.4, 0.5) is 8.78 Å². The topological polar surface area (TPSA) is 127 Å². The summed E-state index contributed by atoms with van der Waals surface area (Å²) in [4.78, 5) is 31.6. The number of carbonyl (C=O) groups is 3. The summed E-state index contributed by atoms with van der Waals surface area (Å²) in [6.45, 7) is -2.32. The maximum atomic E-state index is 12.5. The van der Waals surface area contributed by atoms with Gasteiger partial charge in [-0.3, -0.25) is 4.79 Å². The fourth-order valence-corrected chi connectivity index (χ4v) is 0.708. The van der Waals surface area contributed by atoms with Crippen LogP contribution in [0.1, 0.15) is 6.92 Å². The van der Waals surface area contributed by atoms with Gasteiger partial charge in [0.05, 0.1) is 0 Å². The molecule has 0 aliphatic carbocycles. The second-order valence-corrected chi connectivity index (χ2v) is 4.39. The molecule has 0 heterocycles. The van der Waals surface area contributed by atoms with Crippen molar-refractivity contribution in [2.24, 2.45) is 0 Å². The van der Waals surface area contributed by atoms with Crippen LogP contribution < -0.4 is 0 Å². The van der Waals surface area contributed by atoms with E-state index in [2.05, 4.69) is 9.47 Å². The van der Waals surface area contributed by atoms with Gasteiger partial charge in [0, 0.05) is 6.92 Å². The van der Waals surface area contributed by atoms with E-state index in [4.69, 9.17) is 0 Å². The molecule has 8 nitrogen and oxygen atoms in total. The van der Waals surface area contributed by atoms with Crippen LogP contribution in [0.5, 0.6) is 0 Å². The molecule has 0 rings (SSSR count). The first kappa shape index (κ1) is 16.4. The Kier molecular flexibility index (Phi) is 5.29. The molecule has 0 N–H and O–H groups in total. The highest BCUT2D eigenvalue weighted by Crippen LogP contribution is 2.20. The highest BCUT2D eigenvalue weighted by Gasteiger charge is 2.39. The summed E-state index contributed by atoms with van der Waals surface area (Å²) < 4.78 is 62.6. The zero-order valence-corrected chi connectivity index (χ0v) is 9.66. The van der Waals surface area contributed by atoms with Gasteiger partial charge in [-0.15, -0.1) is 0 Å². The summed E-state index contributed by atoms with van der Waals surface area (Å²) in [7, 11) is -5.97. The standard InChI is InChI=1S/C7H8F2O8S/c1-4(10)6(12)16-2-5(11)17-3-7(8,9)18(13,14)15/h2-3H2,1H3,(H,13,14,15)/p-1. The normalized spacial score (nSPS) is 11.8. The van der Waals surface area contributed by atoms with Crippen LogP contribution in [0.15, 0.2) is 0 Å². The van der Waals surface area contributed by atoms with Gasteiger partial charge in [0.15, 0.2) is 23.3 Å². The van der Waals surface area contributed by atoms with E-state index in [9.17, 15) is 36.1 Å². The molecule has 0 spiro atoms. The highest BCUT2D eigenvalue weighted by atomic mass is 32.2. The summed E-state index contributed by atoms with van der Waals surface area (Å²) >= 11 is 0. The van der Waals surface area contributed by atoms with E-state index >= 15 is 0 Å². The smallest absolute Gasteiger partial charge is 0.374 e. The van der Waals surface area contributed by atoms with Crippen LogP contribution in [0.3, 0.4) is 0 Å². The number of ketones is 1. The number of rotatable bonds is 6. The van der Waals surface area contributed by atoms with E-state index in [-0.39, 0.29) is 0 Å². The second kappa shape index (κ2) is 5.82. The molecule has 0 aliphatic heterocycles. The van der Waals surface area contributed by atoms with Crippen molar-refractivity contribution in [3.63, 3.8) is 0 Å². The summed E-state index contributed by atoms with van der Waals surface area (Å²) in [5.74, 6) is -3.96. The van der Waals surface area contributed by atoms with Crippen LogP contribution in [-0.4, -0.2) is 49.2 Å². The molecule has 0 aromatic rings. The van der Waals surface area contributed by atoms with Crippen molar-refractivity contribution < 1.29 is 45.6 Å². The average Bonchev–Trinajstić information content (AvgIpc) is 2.21.